The summed E-state index contributed by atoms with van der Waals surface area (Å²) in [5.74, 6) is -1.96. The molecule has 4 nitrogen and oxygen atoms in total. The van der Waals surface area contributed by atoms with Crippen molar-refractivity contribution in [3.05, 3.63) is 71.3 Å². The summed E-state index contributed by atoms with van der Waals surface area (Å²) in [4.78, 5) is 24.8. The molecule has 0 fully saturated rings. The monoisotopic (exact) mass is 352 g/mol. The number of methoxy groups -OCH3 is 2. The second-order valence-corrected chi connectivity index (χ2v) is 6.84. The van der Waals surface area contributed by atoms with Crippen LogP contribution in [0.4, 0.5) is 0 Å². The van der Waals surface area contributed by atoms with E-state index in [1.807, 2.05) is 30.3 Å². The van der Waals surface area contributed by atoms with Crippen molar-refractivity contribution in [3.63, 3.8) is 0 Å². The van der Waals surface area contributed by atoms with Gasteiger partial charge in [-0.1, -0.05) is 61.5 Å². The molecule has 0 radical (unpaired) electrons. The van der Waals surface area contributed by atoms with E-state index in [-0.39, 0.29) is 17.8 Å². The smallest absolute Gasteiger partial charge is 0.320 e. The fourth-order valence-corrected chi connectivity index (χ4v) is 4.26. The standard InChI is InChI=1S/C22H24O4/c1-14-18(20(21(23)25-2)22(24)26-3)13-16-11-7-8-12-17(16)19(14)15-9-5-4-6-10-15/h4-12,14,18-20H,13H2,1-3H3/t14-,18?,19-/m0/s1. The SMILES string of the molecule is COC(=O)C(C(=O)OC)C1Cc2ccccc2[C@H](c2ccccc2)[C@H]1C. The molecule has 1 aliphatic rings. The van der Waals surface area contributed by atoms with Crippen LogP contribution in [0.15, 0.2) is 54.6 Å². The molecular weight excluding hydrogens is 328 g/mol. The first-order valence-corrected chi connectivity index (χ1v) is 8.86. The van der Waals surface area contributed by atoms with Crippen LogP contribution in [0.25, 0.3) is 0 Å². The van der Waals surface area contributed by atoms with Crippen LogP contribution >= 0.6 is 0 Å². The van der Waals surface area contributed by atoms with Crippen LogP contribution in [-0.2, 0) is 25.5 Å². The van der Waals surface area contributed by atoms with Gasteiger partial charge in [0.05, 0.1) is 14.2 Å². The quantitative estimate of drug-likeness (QED) is 0.623. The molecule has 0 N–H and O–H groups in total. The van der Waals surface area contributed by atoms with E-state index >= 15 is 0 Å². The van der Waals surface area contributed by atoms with Gasteiger partial charge in [-0.15, -0.1) is 0 Å². The van der Waals surface area contributed by atoms with Crippen LogP contribution in [0, 0.1) is 17.8 Å². The third-order valence-electron chi connectivity index (χ3n) is 5.54. The molecule has 0 aliphatic heterocycles. The number of carbonyl (C=O) groups excluding carboxylic acids is 2. The highest BCUT2D eigenvalue weighted by molar-refractivity contribution is 5.95. The number of fused-ring (bicyclic) bond motifs is 1. The van der Waals surface area contributed by atoms with Gasteiger partial charge in [-0.2, -0.15) is 0 Å². The minimum Gasteiger partial charge on any atom is -0.468 e. The van der Waals surface area contributed by atoms with Gasteiger partial charge in [0.25, 0.3) is 0 Å². The van der Waals surface area contributed by atoms with Crippen molar-refractivity contribution >= 4 is 11.9 Å². The topological polar surface area (TPSA) is 52.6 Å². The molecule has 3 rings (SSSR count). The summed E-state index contributed by atoms with van der Waals surface area (Å²) in [6.07, 6.45) is 0.648. The van der Waals surface area contributed by atoms with Crippen molar-refractivity contribution in [2.75, 3.05) is 14.2 Å². The maximum Gasteiger partial charge on any atom is 0.320 e. The molecule has 1 aliphatic carbocycles. The Morgan fingerprint density at radius 3 is 2.12 bits per heavy atom. The number of benzene rings is 2. The predicted octanol–water partition coefficient (Wildman–Crippen LogP) is 3.59. The Labute approximate surface area is 154 Å². The molecule has 0 bridgehead atoms. The molecular formula is C22H24O4. The van der Waals surface area contributed by atoms with Crippen molar-refractivity contribution in [2.24, 2.45) is 17.8 Å². The summed E-state index contributed by atoms with van der Waals surface area (Å²) in [5, 5.41) is 0. The lowest BCUT2D eigenvalue weighted by Crippen LogP contribution is -2.41. The van der Waals surface area contributed by atoms with Crippen molar-refractivity contribution in [2.45, 2.75) is 19.3 Å². The van der Waals surface area contributed by atoms with E-state index in [9.17, 15) is 9.59 Å². The van der Waals surface area contributed by atoms with Gasteiger partial charge < -0.3 is 9.47 Å². The molecule has 0 aromatic heterocycles. The number of rotatable bonds is 4. The van der Waals surface area contributed by atoms with Crippen LogP contribution in [0.2, 0.25) is 0 Å². The van der Waals surface area contributed by atoms with Crippen LogP contribution in [0.1, 0.15) is 29.5 Å². The molecule has 0 saturated heterocycles. The molecule has 0 spiro atoms. The lowest BCUT2D eigenvalue weighted by Gasteiger charge is -2.40. The van der Waals surface area contributed by atoms with Gasteiger partial charge >= 0.3 is 11.9 Å². The number of esters is 2. The average molecular weight is 352 g/mol. The summed E-state index contributed by atoms with van der Waals surface area (Å²) in [7, 11) is 2.63. The van der Waals surface area contributed by atoms with Gasteiger partial charge in [-0.3, -0.25) is 9.59 Å². The van der Waals surface area contributed by atoms with Crippen molar-refractivity contribution in [1.82, 2.24) is 0 Å². The highest BCUT2D eigenvalue weighted by Gasteiger charge is 2.45. The number of ether oxygens (including phenoxy) is 2. The van der Waals surface area contributed by atoms with E-state index in [2.05, 4.69) is 31.2 Å². The number of carbonyl (C=O) groups is 2. The first-order valence-electron chi connectivity index (χ1n) is 8.86. The maximum atomic E-state index is 12.4. The molecule has 0 amide bonds. The van der Waals surface area contributed by atoms with Gasteiger partial charge in [0.1, 0.15) is 0 Å². The lowest BCUT2D eigenvalue weighted by atomic mass is 9.63. The fraction of sp³-hybridized carbons (Fsp3) is 0.364. The Kier molecular flexibility index (Phi) is 5.40. The summed E-state index contributed by atoms with van der Waals surface area (Å²) < 4.78 is 9.85. The Hall–Kier alpha value is -2.62. The van der Waals surface area contributed by atoms with Crippen molar-refractivity contribution in [1.29, 1.82) is 0 Å². The zero-order valence-corrected chi connectivity index (χ0v) is 15.3. The van der Waals surface area contributed by atoms with Crippen molar-refractivity contribution in [3.8, 4) is 0 Å². The van der Waals surface area contributed by atoms with Crippen LogP contribution < -0.4 is 0 Å². The van der Waals surface area contributed by atoms with Gasteiger partial charge in [0.15, 0.2) is 5.92 Å². The van der Waals surface area contributed by atoms with E-state index in [4.69, 9.17) is 9.47 Å². The van der Waals surface area contributed by atoms with Crippen molar-refractivity contribution < 1.29 is 19.1 Å². The van der Waals surface area contributed by atoms with E-state index in [0.29, 0.717) is 6.42 Å². The zero-order chi connectivity index (χ0) is 18.7. The Morgan fingerprint density at radius 1 is 0.923 bits per heavy atom. The first kappa shape index (κ1) is 18.2. The highest BCUT2D eigenvalue weighted by Crippen LogP contribution is 2.46. The third kappa shape index (κ3) is 3.24. The fourth-order valence-electron chi connectivity index (χ4n) is 4.26. The molecule has 2 aromatic carbocycles. The summed E-state index contributed by atoms with van der Waals surface area (Å²) in [6.45, 7) is 2.11. The van der Waals surface area contributed by atoms with Gasteiger partial charge in [-0.25, -0.2) is 0 Å². The molecule has 0 heterocycles. The molecule has 136 valence electrons. The van der Waals surface area contributed by atoms with Crippen LogP contribution in [0.3, 0.4) is 0 Å². The highest BCUT2D eigenvalue weighted by atomic mass is 16.5. The van der Waals surface area contributed by atoms with Gasteiger partial charge in [0, 0.05) is 5.92 Å². The molecule has 4 heteroatoms. The normalized spacial score (nSPS) is 21.8. The lowest BCUT2D eigenvalue weighted by molar-refractivity contribution is -0.162. The van der Waals surface area contributed by atoms with Gasteiger partial charge in [0.2, 0.25) is 0 Å². The Morgan fingerprint density at radius 2 is 1.50 bits per heavy atom. The largest absolute Gasteiger partial charge is 0.468 e. The molecule has 0 saturated carbocycles. The predicted molar refractivity (Wildman–Crippen MR) is 98.6 cm³/mol. The first-order chi connectivity index (χ1) is 12.6. The summed E-state index contributed by atoms with van der Waals surface area (Å²) >= 11 is 0. The molecule has 3 atom stereocenters. The Balaban J connectivity index is 2.09. The van der Waals surface area contributed by atoms with Crippen LogP contribution in [0.5, 0.6) is 0 Å². The van der Waals surface area contributed by atoms with E-state index < -0.39 is 17.9 Å². The Bertz CT molecular complexity index is 768. The minimum atomic E-state index is -0.917. The van der Waals surface area contributed by atoms with E-state index in [1.165, 1.54) is 30.9 Å². The van der Waals surface area contributed by atoms with E-state index in [0.717, 1.165) is 0 Å². The van der Waals surface area contributed by atoms with Crippen LogP contribution in [-0.4, -0.2) is 26.2 Å². The maximum absolute atomic E-state index is 12.4. The molecule has 1 unspecified atom stereocenters. The van der Waals surface area contributed by atoms with E-state index in [1.54, 1.807) is 0 Å². The average Bonchev–Trinajstić information content (AvgIpc) is 2.68. The second kappa shape index (κ2) is 7.73. The number of hydrogen-bond acceptors (Lipinski definition) is 4. The molecule has 2 aromatic rings. The summed E-state index contributed by atoms with van der Waals surface area (Å²) in [6, 6.07) is 18.5. The second-order valence-electron chi connectivity index (χ2n) is 6.84. The number of hydrogen-bond donors (Lipinski definition) is 0. The zero-order valence-electron chi connectivity index (χ0n) is 15.3. The van der Waals surface area contributed by atoms with Gasteiger partial charge in [-0.05, 0) is 34.9 Å². The minimum absolute atomic E-state index is 0.0792. The third-order valence-corrected chi connectivity index (χ3v) is 5.54. The molecule has 26 heavy (non-hydrogen) atoms. The summed E-state index contributed by atoms with van der Waals surface area (Å²) in [5.41, 5.74) is 3.61.